The standard InChI is InChI=1S/C24H32O3/c1-10-16(23(3,4)5)13-18-15(2)27-22(25)21(18)19-14-17(24(6,7)8)11-12-20(19)26-9/h10-14,21H,2H2,1,3-9H3/b16-10+,18-13+. The third-order valence-electron chi connectivity index (χ3n) is 4.99. The number of methoxy groups -OCH3 is 1. The minimum Gasteiger partial charge on any atom is -0.496 e. The molecule has 27 heavy (non-hydrogen) atoms. The Bertz CT molecular complexity index is 811. The summed E-state index contributed by atoms with van der Waals surface area (Å²) >= 11 is 0. The zero-order chi connectivity index (χ0) is 20.6. The van der Waals surface area contributed by atoms with Gasteiger partial charge in [0.15, 0.2) is 0 Å². The van der Waals surface area contributed by atoms with Gasteiger partial charge in [0.05, 0.1) is 7.11 Å². The number of esters is 1. The van der Waals surface area contributed by atoms with Crippen molar-refractivity contribution in [2.75, 3.05) is 7.11 Å². The summed E-state index contributed by atoms with van der Waals surface area (Å²) in [5.74, 6) is 0.257. The molecule has 0 radical (unpaired) electrons. The SMILES string of the molecule is C=C1OC(=O)C(c2cc(C(C)(C)C)ccc2OC)/C1=C/C(=C\C)C(C)(C)C. The van der Waals surface area contributed by atoms with E-state index in [4.69, 9.17) is 9.47 Å². The van der Waals surface area contributed by atoms with Crippen LogP contribution in [0.25, 0.3) is 0 Å². The van der Waals surface area contributed by atoms with Gasteiger partial charge in [-0.1, -0.05) is 72.4 Å². The van der Waals surface area contributed by atoms with Gasteiger partial charge in [0.25, 0.3) is 0 Å². The van der Waals surface area contributed by atoms with Gasteiger partial charge < -0.3 is 9.47 Å². The summed E-state index contributed by atoms with van der Waals surface area (Å²) in [7, 11) is 1.63. The molecule has 1 aliphatic rings. The first kappa shape index (κ1) is 21.0. The number of allylic oxidation sites excluding steroid dienone is 4. The molecule has 0 amide bonds. The van der Waals surface area contributed by atoms with E-state index in [1.165, 1.54) is 0 Å². The highest BCUT2D eigenvalue weighted by Crippen LogP contribution is 2.44. The molecule has 1 fully saturated rings. The molecule has 0 aliphatic carbocycles. The van der Waals surface area contributed by atoms with E-state index in [2.05, 4.69) is 60.3 Å². The molecule has 0 bridgehead atoms. The summed E-state index contributed by atoms with van der Waals surface area (Å²) in [6.07, 6.45) is 4.12. The molecule has 1 aromatic rings. The van der Waals surface area contributed by atoms with Crippen LogP contribution in [0.1, 0.15) is 65.5 Å². The first-order valence-electron chi connectivity index (χ1n) is 9.38. The number of rotatable bonds is 3. The Morgan fingerprint density at radius 2 is 1.81 bits per heavy atom. The van der Waals surface area contributed by atoms with Crippen LogP contribution in [0.5, 0.6) is 5.75 Å². The highest BCUT2D eigenvalue weighted by molar-refractivity contribution is 5.89. The van der Waals surface area contributed by atoms with Gasteiger partial charge in [-0.3, -0.25) is 4.79 Å². The van der Waals surface area contributed by atoms with E-state index in [0.717, 1.165) is 22.3 Å². The van der Waals surface area contributed by atoms with Crippen LogP contribution in [0.3, 0.4) is 0 Å². The molecule has 0 N–H and O–H groups in total. The molecule has 3 nitrogen and oxygen atoms in total. The van der Waals surface area contributed by atoms with E-state index < -0.39 is 5.92 Å². The van der Waals surface area contributed by atoms with Crippen LogP contribution in [0, 0.1) is 5.41 Å². The van der Waals surface area contributed by atoms with Gasteiger partial charge in [-0.05, 0) is 35.0 Å². The predicted molar refractivity (Wildman–Crippen MR) is 111 cm³/mol. The number of hydrogen-bond acceptors (Lipinski definition) is 3. The lowest BCUT2D eigenvalue weighted by molar-refractivity contribution is -0.136. The van der Waals surface area contributed by atoms with Gasteiger partial charge in [0, 0.05) is 11.1 Å². The van der Waals surface area contributed by atoms with Gasteiger partial charge >= 0.3 is 5.97 Å². The highest BCUT2D eigenvalue weighted by Gasteiger charge is 2.39. The number of ether oxygens (including phenoxy) is 2. The number of carbonyl (C=O) groups excluding carboxylic acids is 1. The van der Waals surface area contributed by atoms with Crippen LogP contribution in [0.2, 0.25) is 0 Å². The summed E-state index contributed by atoms with van der Waals surface area (Å²) in [5, 5.41) is 0. The largest absolute Gasteiger partial charge is 0.496 e. The fourth-order valence-corrected chi connectivity index (χ4v) is 3.31. The zero-order valence-electron chi connectivity index (χ0n) is 17.9. The van der Waals surface area contributed by atoms with Gasteiger partial charge in [0.2, 0.25) is 0 Å². The second-order valence-electron chi connectivity index (χ2n) is 9.08. The average Bonchev–Trinajstić information content (AvgIpc) is 2.83. The number of benzene rings is 1. The normalized spacial score (nSPS) is 20.2. The Balaban J connectivity index is 2.67. The topological polar surface area (TPSA) is 35.5 Å². The van der Waals surface area contributed by atoms with E-state index in [1.54, 1.807) is 7.11 Å². The third-order valence-corrected chi connectivity index (χ3v) is 4.99. The van der Waals surface area contributed by atoms with Crippen LogP contribution in [0.4, 0.5) is 0 Å². The van der Waals surface area contributed by atoms with Crippen LogP contribution < -0.4 is 4.74 Å². The lowest BCUT2D eigenvalue weighted by Gasteiger charge is -2.23. The van der Waals surface area contributed by atoms with Crippen molar-refractivity contribution in [3.8, 4) is 5.75 Å². The maximum Gasteiger partial charge on any atom is 0.323 e. The van der Waals surface area contributed by atoms with Crippen molar-refractivity contribution in [3.05, 3.63) is 65.0 Å². The summed E-state index contributed by atoms with van der Waals surface area (Å²) < 4.78 is 11.0. The van der Waals surface area contributed by atoms with Crippen molar-refractivity contribution in [2.45, 2.75) is 59.8 Å². The van der Waals surface area contributed by atoms with Crippen molar-refractivity contribution in [1.82, 2.24) is 0 Å². The minimum atomic E-state index is -0.535. The molecule has 1 heterocycles. The summed E-state index contributed by atoms with van der Waals surface area (Å²) in [6, 6.07) is 6.04. The fourth-order valence-electron chi connectivity index (χ4n) is 3.31. The highest BCUT2D eigenvalue weighted by atomic mass is 16.5. The maximum atomic E-state index is 12.7. The van der Waals surface area contributed by atoms with E-state index in [-0.39, 0.29) is 16.8 Å². The Morgan fingerprint density at radius 1 is 1.19 bits per heavy atom. The Labute approximate surface area is 163 Å². The molecule has 1 unspecified atom stereocenters. The van der Waals surface area contributed by atoms with Gasteiger partial charge in [-0.15, -0.1) is 0 Å². The van der Waals surface area contributed by atoms with Crippen molar-refractivity contribution in [2.24, 2.45) is 5.41 Å². The quantitative estimate of drug-likeness (QED) is 0.608. The summed E-state index contributed by atoms with van der Waals surface area (Å²) in [5.41, 5.74) is 3.81. The fraction of sp³-hybridized carbons (Fsp3) is 0.458. The maximum absolute atomic E-state index is 12.7. The third kappa shape index (κ3) is 4.35. The molecule has 0 saturated carbocycles. The van der Waals surface area contributed by atoms with E-state index in [9.17, 15) is 4.79 Å². The molecule has 2 rings (SSSR count). The molecule has 1 saturated heterocycles. The predicted octanol–water partition coefficient (Wildman–Crippen LogP) is 6.07. The zero-order valence-corrected chi connectivity index (χ0v) is 17.9. The van der Waals surface area contributed by atoms with E-state index in [1.807, 2.05) is 25.1 Å². The monoisotopic (exact) mass is 368 g/mol. The number of hydrogen-bond donors (Lipinski definition) is 0. The van der Waals surface area contributed by atoms with Crippen molar-refractivity contribution in [3.63, 3.8) is 0 Å². The molecular formula is C24H32O3. The second-order valence-corrected chi connectivity index (χ2v) is 9.08. The molecule has 0 spiro atoms. The van der Waals surface area contributed by atoms with Crippen molar-refractivity contribution >= 4 is 5.97 Å². The van der Waals surface area contributed by atoms with Gasteiger partial charge in [-0.2, -0.15) is 0 Å². The van der Waals surface area contributed by atoms with Crippen LogP contribution in [-0.4, -0.2) is 13.1 Å². The number of carbonyl (C=O) groups is 1. The molecule has 3 heteroatoms. The number of cyclic esters (lactones) is 1. The van der Waals surface area contributed by atoms with Gasteiger partial charge in [0.1, 0.15) is 17.4 Å². The lowest BCUT2D eigenvalue weighted by Crippen LogP contribution is -2.15. The molecule has 1 aromatic carbocycles. The molecular weight excluding hydrogens is 336 g/mol. The lowest BCUT2D eigenvalue weighted by atomic mass is 9.80. The minimum absolute atomic E-state index is 0.0374. The Kier molecular flexibility index (Phi) is 5.74. The summed E-state index contributed by atoms with van der Waals surface area (Å²) in [6.45, 7) is 18.9. The first-order valence-corrected chi connectivity index (χ1v) is 9.38. The summed E-state index contributed by atoms with van der Waals surface area (Å²) in [4.78, 5) is 12.7. The van der Waals surface area contributed by atoms with Crippen LogP contribution in [0.15, 0.2) is 53.8 Å². The van der Waals surface area contributed by atoms with Crippen LogP contribution >= 0.6 is 0 Å². The smallest absolute Gasteiger partial charge is 0.323 e. The van der Waals surface area contributed by atoms with Crippen molar-refractivity contribution < 1.29 is 14.3 Å². The van der Waals surface area contributed by atoms with Gasteiger partial charge in [-0.25, -0.2) is 0 Å². The molecule has 146 valence electrons. The Hall–Kier alpha value is -2.29. The second kappa shape index (κ2) is 7.38. The van der Waals surface area contributed by atoms with Crippen molar-refractivity contribution in [1.29, 1.82) is 0 Å². The van der Waals surface area contributed by atoms with E-state index in [0.29, 0.717) is 11.5 Å². The molecule has 0 aromatic heterocycles. The average molecular weight is 369 g/mol. The Morgan fingerprint density at radius 3 is 2.30 bits per heavy atom. The first-order chi connectivity index (χ1) is 12.4. The van der Waals surface area contributed by atoms with Crippen LogP contribution in [-0.2, 0) is 14.9 Å². The molecule has 1 atom stereocenters. The van der Waals surface area contributed by atoms with E-state index >= 15 is 0 Å². The molecule has 1 aliphatic heterocycles.